The van der Waals surface area contributed by atoms with Gasteiger partial charge in [0.25, 0.3) is 0 Å². The Kier molecular flexibility index (Phi) is 7.30. The first-order valence-electron chi connectivity index (χ1n) is 9.48. The van der Waals surface area contributed by atoms with Gasteiger partial charge in [-0.2, -0.15) is 0 Å². The van der Waals surface area contributed by atoms with Gasteiger partial charge in [-0.3, -0.25) is 4.79 Å². The molecule has 29 heavy (non-hydrogen) atoms. The molecule has 152 valence electrons. The van der Waals surface area contributed by atoms with Crippen molar-refractivity contribution in [1.82, 2.24) is 10.2 Å². The number of benzene rings is 2. The van der Waals surface area contributed by atoms with Crippen LogP contribution >= 0.6 is 15.9 Å². The Labute approximate surface area is 179 Å². The van der Waals surface area contributed by atoms with Gasteiger partial charge >= 0.3 is 6.03 Å². The SMILES string of the molecule is COc1ccc(Br)cc1/C=C/C(=O)NC1CCN(C(=O)Nc2ccccc2)CC1. The normalized spacial score (nSPS) is 14.6. The molecule has 3 amide bonds. The molecule has 3 rings (SSSR count). The Morgan fingerprint density at radius 2 is 1.86 bits per heavy atom. The predicted octanol–water partition coefficient (Wildman–Crippen LogP) is 4.28. The first-order valence-corrected chi connectivity index (χ1v) is 10.3. The smallest absolute Gasteiger partial charge is 0.321 e. The van der Waals surface area contributed by atoms with Crippen LogP contribution in [0, 0.1) is 0 Å². The summed E-state index contributed by atoms with van der Waals surface area (Å²) in [7, 11) is 1.60. The van der Waals surface area contributed by atoms with Crippen molar-refractivity contribution in [3.63, 3.8) is 0 Å². The van der Waals surface area contributed by atoms with Crippen LogP contribution in [0.5, 0.6) is 5.75 Å². The lowest BCUT2D eigenvalue weighted by Crippen LogP contribution is -2.47. The summed E-state index contributed by atoms with van der Waals surface area (Å²) in [6, 6.07) is 15.0. The lowest BCUT2D eigenvalue weighted by molar-refractivity contribution is -0.117. The van der Waals surface area contributed by atoms with Gasteiger partial charge in [0.1, 0.15) is 5.75 Å². The van der Waals surface area contributed by atoms with Crippen molar-refractivity contribution in [2.75, 3.05) is 25.5 Å². The molecule has 1 aliphatic rings. The highest BCUT2D eigenvalue weighted by Gasteiger charge is 2.23. The van der Waals surface area contributed by atoms with E-state index < -0.39 is 0 Å². The number of rotatable bonds is 5. The summed E-state index contributed by atoms with van der Waals surface area (Å²) in [5.41, 5.74) is 1.60. The molecular weight excluding hydrogens is 434 g/mol. The number of methoxy groups -OCH3 is 1. The summed E-state index contributed by atoms with van der Waals surface area (Å²) >= 11 is 3.42. The molecule has 0 aromatic heterocycles. The minimum absolute atomic E-state index is 0.0531. The van der Waals surface area contributed by atoms with Crippen LogP contribution in [0.2, 0.25) is 0 Å². The van der Waals surface area contributed by atoms with Crippen LogP contribution in [0.15, 0.2) is 59.1 Å². The van der Waals surface area contributed by atoms with E-state index in [2.05, 4.69) is 26.6 Å². The number of halogens is 1. The van der Waals surface area contributed by atoms with E-state index in [1.165, 1.54) is 6.08 Å². The van der Waals surface area contributed by atoms with Crippen LogP contribution in [0.3, 0.4) is 0 Å². The summed E-state index contributed by atoms with van der Waals surface area (Å²) < 4.78 is 6.23. The molecule has 1 aliphatic heterocycles. The Balaban J connectivity index is 1.47. The minimum Gasteiger partial charge on any atom is -0.496 e. The van der Waals surface area contributed by atoms with Crippen molar-refractivity contribution in [2.45, 2.75) is 18.9 Å². The average molecular weight is 458 g/mol. The van der Waals surface area contributed by atoms with Crippen molar-refractivity contribution in [1.29, 1.82) is 0 Å². The maximum absolute atomic E-state index is 12.3. The number of para-hydroxylation sites is 1. The average Bonchev–Trinajstić information content (AvgIpc) is 2.73. The topological polar surface area (TPSA) is 70.7 Å². The fourth-order valence-corrected chi connectivity index (χ4v) is 3.58. The number of amides is 3. The van der Waals surface area contributed by atoms with Crippen molar-refractivity contribution >= 4 is 39.6 Å². The molecule has 2 aromatic carbocycles. The van der Waals surface area contributed by atoms with Crippen LogP contribution in [0.1, 0.15) is 18.4 Å². The summed E-state index contributed by atoms with van der Waals surface area (Å²) in [5.74, 6) is 0.550. The van der Waals surface area contributed by atoms with Gasteiger partial charge in [0, 0.05) is 40.9 Å². The summed E-state index contributed by atoms with van der Waals surface area (Å²) in [6.45, 7) is 1.21. The minimum atomic E-state index is -0.154. The van der Waals surface area contributed by atoms with Crippen molar-refractivity contribution in [3.05, 3.63) is 64.6 Å². The van der Waals surface area contributed by atoms with Gasteiger partial charge in [0.2, 0.25) is 5.91 Å². The Hall–Kier alpha value is -2.80. The van der Waals surface area contributed by atoms with Gasteiger partial charge in [-0.15, -0.1) is 0 Å². The van der Waals surface area contributed by atoms with Crippen LogP contribution in [-0.4, -0.2) is 43.1 Å². The molecule has 0 unspecified atom stereocenters. The molecule has 2 N–H and O–H groups in total. The van der Waals surface area contributed by atoms with E-state index in [4.69, 9.17) is 4.74 Å². The second-order valence-electron chi connectivity index (χ2n) is 6.79. The molecular formula is C22H24BrN3O3. The zero-order chi connectivity index (χ0) is 20.6. The number of nitrogens with zero attached hydrogens (tertiary/aromatic N) is 1. The van der Waals surface area contributed by atoms with E-state index in [1.807, 2.05) is 48.5 Å². The fourth-order valence-electron chi connectivity index (χ4n) is 3.20. The largest absolute Gasteiger partial charge is 0.496 e. The van der Waals surface area contributed by atoms with Gasteiger partial charge in [0.05, 0.1) is 7.11 Å². The van der Waals surface area contributed by atoms with E-state index >= 15 is 0 Å². The van der Waals surface area contributed by atoms with Crippen molar-refractivity contribution in [3.8, 4) is 5.75 Å². The number of anilines is 1. The monoisotopic (exact) mass is 457 g/mol. The number of carbonyl (C=O) groups is 2. The third kappa shape index (κ3) is 6.09. The second kappa shape index (κ2) is 10.1. The standard InChI is InChI=1S/C22H24BrN3O3/c1-29-20-9-8-17(23)15-16(20)7-10-21(27)24-19-11-13-26(14-12-19)22(28)25-18-5-3-2-4-6-18/h2-10,15,19H,11-14H2,1H3,(H,24,27)(H,25,28)/b10-7+. The number of likely N-dealkylation sites (tertiary alicyclic amines) is 1. The molecule has 0 atom stereocenters. The van der Waals surface area contributed by atoms with E-state index in [0.717, 1.165) is 28.6 Å². The van der Waals surface area contributed by atoms with Gasteiger partial charge in [-0.05, 0) is 49.2 Å². The van der Waals surface area contributed by atoms with Crippen LogP contribution < -0.4 is 15.4 Å². The molecule has 0 radical (unpaired) electrons. The highest BCUT2D eigenvalue weighted by molar-refractivity contribution is 9.10. The van der Waals surface area contributed by atoms with Gasteiger partial charge in [-0.25, -0.2) is 4.79 Å². The summed E-state index contributed by atoms with van der Waals surface area (Å²) in [5, 5.41) is 5.91. The highest BCUT2D eigenvalue weighted by Crippen LogP contribution is 2.24. The third-order valence-electron chi connectivity index (χ3n) is 4.76. The second-order valence-corrected chi connectivity index (χ2v) is 7.70. The summed E-state index contributed by atoms with van der Waals surface area (Å²) in [4.78, 5) is 26.4. The van der Waals surface area contributed by atoms with Gasteiger partial charge in [-0.1, -0.05) is 34.1 Å². The number of ether oxygens (including phenoxy) is 1. The predicted molar refractivity (Wildman–Crippen MR) is 118 cm³/mol. The van der Waals surface area contributed by atoms with Gasteiger partial charge < -0.3 is 20.3 Å². The van der Waals surface area contributed by atoms with E-state index in [9.17, 15) is 9.59 Å². The molecule has 0 saturated carbocycles. The molecule has 1 saturated heterocycles. The number of urea groups is 1. The maximum atomic E-state index is 12.3. The highest BCUT2D eigenvalue weighted by atomic mass is 79.9. The van der Waals surface area contributed by atoms with Crippen LogP contribution in [-0.2, 0) is 4.79 Å². The first kappa shape index (κ1) is 20.9. The Bertz CT molecular complexity index is 878. The quantitative estimate of drug-likeness (QED) is 0.658. The Morgan fingerprint density at radius 1 is 1.14 bits per heavy atom. The summed E-state index contributed by atoms with van der Waals surface area (Å²) in [6.07, 6.45) is 4.70. The van der Waals surface area contributed by atoms with Crippen molar-refractivity contribution < 1.29 is 14.3 Å². The number of piperidine rings is 1. The van der Waals surface area contributed by atoms with E-state index in [-0.39, 0.29) is 18.0 Å². The van der Waals surface area contributed by atoms with E-state index in [0.29, 0.717) is 18.8 Å². The first-order chi connectivity index (χ1) is 14.0. The lowest BCUT2D eigenvalue weighted by atomic mass is 10.1. The molecule has 6 nitrogen and oxygen atoms in total. The zero-order valence-electron chi connectivity index (χ0n) is 16.2. The molecule has 0 spiro atoms. The molecule has 1 heterocycles. The van der Waals surface area contributed by atoms with Crippen LogP contribution in [0.25, 0.3) is 6.08 Å². The molecule has 7 heteroatoms. The number of hydrogen-bond acceptors (Lipinski definition) is 3. The van der Waals surface area contributed by atoms with E-state index in [1.54, 1.807) is 18.1 Å². The number of carbonyl (C=O) groups excluding carboxylic acids is 2. The fraction of sp³-hybridized carbons (Fsp3) is 0.273. The molecule has 0 aliphatic carbocycles. The Morgan fingerprint density at radius 3 is 2.55 bits per heavy atom. The third-order valence-corrected chi connectivity index (χ3v) is 5.25. The van der Waals surface area contributed by atoms with Crippen molar-refractivity contribution in [2.24, 2.45) is 0 Å². The maximum Gasteiger partial charge on any atom is 0.321 e. The number of hydrogen-bond donors (Lipinski definition) is 2. The molecule has 2 aromatic rings. The molecule has 0 bridgehead atoms. The lowest BCUT2D eigenvalue weighted by Gasteiger charge is -2.32. The zero-order valence-corrected chi connectivity index (χ0v) is 17.8. The van der Waals surface area contributed by atoms with Gasteiger partial charge in [0.15, 0.2) is 0 Å². The molecule has 1 fully saturated rings. The number of nitrogens with one attached hydrogen (secondary N) is 2. The van der Waals surface area contributed by atoms with Crippen LogP contribution in [0.4, 0.5) is 10.5 Å².